The van der Waals surface area contributed by atoms with E-state index in [0.29, 0.717) is 11.6 Å². The van der Waals surface area contributed by atoms with Crippen LogP contribution in [0.15, 0.2) is 30.3 Å². The van der Waals surface area contributed by atoms with Crippen molar-refractivity contribution in [2.75, 3.05) is 0 Å². The van der Waals surface area contributed by atoms with Crippen LogP contribution in [0.3, 0.4) is 0 Å². The van der Waals surface area contributed by atoms with Crippen molar-refractivity contribution in [2.45, 2.75) is 26.2 Å². The lowest BCUT2D eigenvalue weighted by Crippen LogP contribution is -2.17. The van der Waals surface area contributed by atoms with E-state index in [9.17, 15) is 0 Å². The van der Waals surface area contributed by atoms with Gasteiger partial charge in [-0.25, -0.2) is 4.98 Å². The van der Waals surface area contributed by atoms with Crippen molar-refractivity contribution in [3.8, 4) is 11.8 Å². The van der Waals surface area contributed by atoms with E-state index in [0.717, 1.165) is 0 Å². The molecule has 1 aromatic heterocycles. The number of ether oxygens (including phenoxy) is 1. The third-order valence-corrected chi connectivity index (χ3v) is 2.38. The van der Waals surface area contributed by atoms with Crippen LogP contribution < -0.4 is 4.74 Å². The number of hydrogen-bond acceptors (Lipinski definition) is 4. The van der Waals surface area contributed by atoms with Gasteiger partial charge in [0.15, 0.2) is 0 Å². The predicted octanol–water partition coefficient (Wildman–Crippen LogP) is 3.61. The summed E-state index contributed by atoms with van der Waals surface area (Å²) >= 11 is 5.88. The lowest BCUT2D eigenvalue weighted by atomic mass is 9.96. The Kier molecular flexibility index (Phi) is 3.48. The van der Waals surface area contributed by atoms with Crippen molar-refractivity contribution < 1.29 is 4.74 Å². The molecular formula is C13H14ClN3O. The van der Waals surface area contributed by atoms with Crippen LogP contribution in [0.5, 0.6) is 11.8 Å². The summed E-state index contributed by atoms with van der Waals surface area (Å²) < 4.78 is 5.55. The molecule has 18 heavy (non-hydrogen) atoms. The molecule has 2 aromatic rings. The Hall–Kier alpha value is -1.68. The van der Waals surface area contributed by atoms with Gasteiger partial charge in [-0.3, -0.25) is 0 Å². The van der Waals surface area contributed by atoms with Gasteiger partial charge in [-0.1, -0.05) is 39.0 Å². The topological polar surface area (TPSA) is 47.9 Å². The van der Waals surface area contributed by atoms with E-state index in [1.807, 2.05) is 51.1 Å². The molecule has 0 N–H and O–H groups in total. The number of halogens is 1. The van der Waals surface area contributed by atoms with E-state index in [4.69, 9.17) is 16.3 Å². The normalized spacial score (nSPS) is 11.3. The van der Waals surface area contributed by atoms with E-state index in [2.05, 4.69) is 15.0 Å². The van der Waals surface area contributed by atoms with Crippen LogP contribution in [0.2, 0.25) is 5.28 Å². The summed E-state index contributed by atoms with van der Waals surface area (Å²) in [6.07, 6.45) is 0. The first-order valence-electron chi connectivity index (χ1n) is 5.60. The van der Waals surface area contributed by atoms with E-state index in [1.165, 1.54) is 0 Å². The van der Waals surface area contributed by atoms with Crippen LogP contribution in [0, 0.1) is 0 Å². The molecule has 0 aliphatic carbocycles. The Morgan fingerprint density at radius 2 is 1.67 bits per heavy atom. The molecule has 4 nitrogen and oxygen atoms in total. The minimum atomic E-state index is -0.207. The van der Waals surface area contributed by atoms with Crippen molar-refractivity contribution in [3.05, 3.63) is 41.4 Å². The second-order valence-corrected chi connectivity index (χ2v) is 5.21. The van der Waals surface area contributed by atoms with Crippen molar-refractivity contribution >= 4 is 11.6 Å². The Morgan fingerprint density at radius 1 is 1.00 bits per heavy atom. The maximum Gasteiger partial charge on any atom is 0.326 e. The molecule has 1 aromatic carbocycles. The molecule has 1 heterocycles. The van der Waals surface area contributed by atoms with Crippen LogP contribution in [-0.2, 0) is 5.41 Å². The summed E-state index contributed by atoms with van der Waals surface area (Å²) in [7, 11) is 0. The molecule has 2 rings (SSSR count). The number of benzene rings is 1. The van der Waals surface area contributed by atoms with Crippen LogP contribution in [-0.4, -0.2) is 15.0 Å². The second-order valence-electron chi connectivity index (χ2n) is 4.88. The summed E-state index contributed by atoms with van der Waals surface area (Å²) in [6.45, 7) is 6.01. The Balaban J connectivity index is 2.32. The Morgan fingerprint density at radius 3 is 2.28 bits per heavy atom. The lowest BCUT2D eigenvalue weighted by Gasteiger charge is -2.16. The maximum absolute atomic E-state index is 5.88. The number of rotatable bonds is 2. The third-order valence-electron chi connectivity index (χ3n) is 2.21. The first-order chi connectivity index (χ1) is 8.45. The number of aromatic nitrogens is 3. The average Bonchev–Trinajstić information content (AvgIpc) is 2.28. The Labute approximate surface area is 111 Å². The first-order valence-corrected chi connectivity index (χ1v) is 5.98. The molecule has 5 heteroatoms. The van der Waals surface area contributed by atoms with Crippen LogP contribution in [0.25, 0.3) is 0 Å². The van der Waals surface area contributed by atoms with Gasteiger partial charge < -0.3 is 4.74 Å². The highest BCUT2D eigenvalue weighted by Gasteiger charge is 2.20. The zero-order chi connectivity index (χ0) is 13.2. The standard InChI is InChI=1S/C13H14ClN3O/c1-13(2,3)10-15-11(14)17-12(16-10)18-9-7-5-4-6-8-9/h4-8H,1-3H3. The van der Waals surface area contributed by atoms with Gasteiger partial charge in [0.05, 0.1) is 0 Å². The average molecular weight is 264 g/mol. The molecule has 0 saturated carbocycles. The minimum absolute atomic E-state index is 0.140. The van der Waals surface area contributed by atoms with Gasteiger partial charge in [0.25, 0.3) is 0 Å². The van der Waals surface area contributed by atoms with Crippen molar-refractivity contribution in [1.29, 1.82) is 0 Å². The fourth-order valence-corrected chi connectivity index (χ4v) is 1.46. The molecule has 94 valence electrons. The SMILES string of the molecule is CC(C)(C)c1nc(Cl)nc(Oc2ccccc2)n1. The van der Waals surface area contributed by atoms with E-state index >= 15 is 0 Å². The van der Waals surface area contributed by atoms with Gasteiger partial charge in [0, 0.05) is 5.41 Å². The van der Waals surface area contributed by atoms with Crippen molar-refractivity contribution in [2.24, 2.45) is 0 Å². The smallest absolute Gasteiger partial charge is 0.326 e. The molecule has 0 radical (unpaired) electrons. The fourth-order valence-electron chi connectivity index (χ4n) is 1.31. The van der Waals surface area contributed by atoms with Crippen molar-refractivity contribution in [1.82, 2.24) is 15.0 Å². The number of para-hydroxylation sites is 1. The quantitative estimate of drug-likeness (QED) is 0.830. The minimum Gasteiger partial charge on any atom is -0.424 e. The van der Waals surface area contributed by atoms with E-state index in [-0.39, 0.29) is 16.7 Å². The highest BCUT2D eigenvalue weighted by molar-refractivity contribution is 6.28. The molecule has 0 amide bonds. The Bertz CT molecular complexity index is 538. The summed E-state index contributed by atoms with van der Waals surface area (Å²) in [6, 6.07) is 9.54. The summed E-state index contributed by atoms with van der Waals surface area (Å²) in [4.78, 5) is 12.3. The maximum atomic E-state index is 5.88. The van der Waals surface area contributed by atoms with E-state index < -0.39 is 0 Å². The number of nitrogens with zero attached hydrogens (tertiary/aromatic N) is 3. The molecule has 0 aliphatic heterocycles. The van der Waals surface area contributed by atoms with Crippen LogP contribution >= 0.6 is 11.6 Å². The van der Waals surface area contributed by atoms with Crippen molar-refractivity contribution in [3.63, 3.8) is 0 Å². The highest BCUT2D eigenvalue weighted by Crippen LogP contribution is 2.23. The van der Waals surface area contributed by atoms with Gasteiger partial charge in [-0.2, -0.15) is 9.97 Å². The first kappa shape index (κ1) is 12.8. The predicted molar refractivity (Wildman–Crippen MR) is 70.1 cm³/mol. The molecule has 0 unspecified atom stereocenters. The molecule has 0 spiro atoms. The third kappa shape index (κ3) is 3.17. The summed E-state index contributed by atoms with van der Waals surface area (Å²) in [5.74, 6) is 1.27. The van der Waals surface area contributed by atoms with E-state index in [1.54, 1.807) is 0 Å². The van der Waals surface area contributed by atoms with Crippen LogP contribution in [0.4, 0.5) is 0 Å². The molecule has 0 atom stereocenters. The summed E-state index contributed by atoms with van der Waals surface area (Å²) in [5, 5.41) is 0.140. The van der Waals surface area contributed by atoms with Gasteiger partial charge in [0.1, 0.15) is 11.6 Å². The lowest BCUT2D eigenvalue weighted by molar-refractivity contribution is 0.424. The van der Waals surface area contributed by atoms with Crippen LogP contribution in [0.1, 0.15) is 26.6 Å². The summed E-state index contributed by atoms with van der Waals surface area (Å²) in [5.41, 5.74) is -0.207. The fraction of sp³-hybridized carbons (Fsp3) is 0.308. The zero-order valence-electron chi connectivity index (χ0n) is 10.5. The largest absolute Gasteiger partial charge is 0.424 e. The molecule has 0 fully saturated rings. The van der Waals surface area contributed by atoms with Gasteiger partial charge in [-0.15, -0.1) is 0 Å². The monoisotopic (exact) mass is 263 g/mol. The molecule has 0 aliphatic rings. The number of hydrogen-bond donors (Lipinski definition) is 0. The molecule has 0 saturated heterocycles. The zero-order valence-corrected chi connectivity index (χ0v) is 11.3. The second kappa shape index (κ2) is 4.90. The van der Waals surface area contributed by atoms with Gasteiger partial charge >= 0.3 is 6.01 Å². The van der Waals surface area contributed by atoms with Gasteiger partial charge in [0.2, 0.25) is 5.28 Å². The highest BCUT2D eigenvalue weighted by atomic mass is 35.5. The molecular weight excluding hydrogens is 250 g/mol. The molecule has 0 bridgehead atoms. The van der Waals surface area contributed by atoms with Gasteiger partial charge in [-0.05, 0) is 23.7 Å².